The van der Waals surface area contributed by atoms with Crippen molar-refractivity contribution in [3.8, 4) is 0 Å². The van der Waals surface area contributed by atoms with E-state index in [2.05, 4.69) is 20.0 Å². The summed E-state index contributed by atoms with van der Waals surface area (Å²) in [4.78, 5) is 9.96. The monoisotopic (exact) mass is 270 g/mol. The fourth-order valence-electron chi connectivity index (χ4n) is 0.242. The van der Waals surface area contributed by atoms with Gasteiger partial charge in [-0.1, -0.05) is 18.2 Å². The van der Waals surface area contributed by atoms with E-state index in [1.807, 2.05) is 13.0 Å². The van der Waals surface area contributed by atoms with Gasteiger partial charge in [0, 0.05) is 17.1 Å². The molecule has 0 N–H and O–H groups in total. The first kappa shape index (κ1) is 29.2. The van der Waals surface area contributed by atoms with Gasteiger partial charge >= 0.3 is 33.9 Å². The smallest absolute Gasteiger partial charge is 0 e. The molecule has 82 valence electrons. The Morgan fingerprint density at radius 2 is 1.40 bits per heavy atom. The van der Waals surface area contributed by atoms with Gasteiger partial charge in [-0.25, -0.2) is 0 Å². The predicted octanol–water partition coefficient (Wildman–Crippen LogP) is 1.77. The van der Waals surface area contributed by atoms with Gasteiger partial charge in [0.05, 0.1) is 0 Å². The van der Waals surface area contributed by atoms with Crippen molar-refractivity contribution >= 4 is 16.8 Å². The van der Waals surface area contributed by atoms with E-state index in [-0.39, 0.29) is 17.1 Å². The first-order valence-corrected chi connectivity index (χ1v) is 3.25. The SMILES string of the molecule is C/C=C/C=C/C(=O)Cl.[C-]#[O+].[C-]#[O+].[C-]#[O+].[Fe]. The van der Waals surface area contributed by atoms with E-state index in [0.717, 1.165) is 0 Å². The van der Waals surface area contributed by atoms with Crippen molar-refractivity contribution in [2.75, 3.05) is 0 Å². The minimum absolute atomic E-state index is 0. The Labute approximate surface area is 104 Å². The molecule has 0 amide bonds. The summed E-state index contributed by atoms with van der Waals surface area (Å²) >= 11 is 4.95. The van der Waals surface area contributed by atoms with Gasteiger partial charge in [0.25, 0.3) is 0 Å². The summed E-state index contributed by atoms with van der Waals surface area (Å²) in [7, 11) is 0. The summed E-state index contributed by atoms with van der Waals surface area (Å²) in [6.07, 6.45) is 6.44. The molecule has 0 bridgehead atoms. The number of hydrogen-bond donors (Lipinski definition) is 0. The van der Waals surface area contributed by atoms with Crippen LogP contribution >= 0.6 is 11.6 Å². The summed E-state index contributed by atoms with van der Waals surface area (Å²) in [5, 5.41) is -0.442. The van der Waals surface area contributed by atoms with Crippen molar-refractivity contribution in [2.45, 2.75) is 6.92 Å². The second-order valence-corrected chi connectivity index (χ2v) is 1.56. The summed E-state index contributed by atoms with van der Waals surface area (Å²) in [5.74, 6) is 0. The molecule has 0 rings (SSSR count). The Hall–Kier alpha value is -0.821. The minimum Gasteiger partial charge on any atom is 0 e. The molecule has 0 aliphatic carbocycles. The minimum atomic E-state index is -0.442. The van der Waals surface area contributed by atoms with E-state index in [4.69, 9.17) is 25.6 Å². The van der Waals surface area contributed by atoms with E-state index in [1.54, 1.807) is 12.2 Å². The summed E-state index contributed by atoms with van der Waals surface area (Å²) in [6.45, 7) is 15.4. The maximum Gasteiger partial charge on any atom is 0 e. The molecule has 4 nitrogen and oxygen atoms in total. The maximum atomic E-state index is 9.96. The van der Waals surface area contributed by atoms with E-state index >= 15 is 0 Å². The fraction of sp³-hybridized carbons (Fsp3) is 0.111. The summed E-state index contributed by atoms with van der Waals surface area (Å²) in [5.41, 5.74) is 0. The largest absolute Gasteiger partial charge is 0 e. The molecule has 0 saturated heterocycles. The average Bonchev–Trinajstić information content (AvgIpc) is 2.27. The molecule has 0 aromatic rings. The fourth-order valence-corrected chi connectivity index (χ4v) is 0.315. The average molecular weight is 270 g/mol. The van der Waals surface area contributed by atoms with Gasteiger partial charge in [-0.2, -0.15) is 0 Å². The Bertz CT molecular complexity index is 214. The maximum absolute atomic E-state index is 9.96. The number of halogens is 1. The molecule has 15 heavy (non-hydrogen) atoms. The van der Waals surface area contributed by atoms with E-state index in [9.17, 15) is 4.79 Å². The van der Waals surface area contributed by atoms with Crippen LogP contribution in [-0.4, -0.2) is 5.24 Å². The van der Waals surface area contributed by atoms with Gasteiger partial charge in [-0.05, 0) is 24.6 Å². The van der Waals surface area contributed by atoms with Gasteiger partial charge in [-0.15, -0.1) is 0 Å². The molecular formula is C9H7ClFeO4. The number of carbonyl (C=O) groups excluding carboxylic acids is 1. The molecule has 0 heterocycles. The van der Waals surface area contributed by atoms with Crippen molar-refractivity contribution in [1.29, 1.82) is 0 Å². The molecule has 0 spiro atoms. The molecule has 6 heteroatoms. The van der Waals surface area contributed by atoms with E-state index in [0.29, 0.717) is 0 Å². The van der Waals surface area contributed by atoms with Crippen LogP contribution in [0.25, 0.3) is 0 Å². The van der Waals surface area contributed by atoms with Gasteiger partial charge in [0.1, 0.15) is 0 Å². The molecular weight excluding hydrogens is 263 g/mol. The van der Waals surface area contributed by atoms with Gasteiger partial charge < -0.3 is 0 Å². The van der Waals surface area contributed by atoms with Crippen molar-refractivity contribution < 1.29 is 35.8 Å². The van der Waals surface area contributed by atoms with Crippen LogP contribution in [0.1, 0.15) is 6.92 Å². The standard InChI is InChI=1S/C6H7ClO.3CO.Fe/c1-2-3-4-5-6(7)8;3*1-2;/h2-5H,1H3;;;;/b3-2+,5-4+;;;;. The quantitative estimate of drug-likeness (QED) is 0.188. The van der Waals surface area contributed by atoms with Gasteiger partial charge in [-0.3, -0.25) is 4.79 Å². The van der Waals surface area contributed by atoms with Crippen LogP contribution in [0.3, 0.4) is 0 Å². The molecule has 0 aromatic heterocycles. The van der Waals surface area contributed by atoms with E-state index < -0.39 is 5.24 Å². The van der Waals surface area contributed by atoms with Crippen LogP contribution in [0, 0.1) is 20.0 Å². The zero-order chi connectivity index (χ0) is 12.4. The zero-order valence-corrected chi connectivity index (χ0v) is 9.53. The Morgan fingerprint density at radius 1 is 1.07 bits per heavy atom. The second kappa shape index (κ2) is 51.2. The van der Waals surface area contributed by atoms with Gasteiger partial charge in [0.2, 0.25) is 5.24 Å². The third kappa shape index (κ3) is 94.3. The molecule has 0 atom stereocenters. The van der Waals surface area contributed by atoms with Crippen molar-refractivity contribution in [3.63, 3.8) is 0 Å². The predicted molar refractivity (Wildman–Crippen MR) is 46.6 cm³/mol. The third-order valence-electron chi connectivity index (χ3n) is 0.531. The Kier molecular flexibility index (Phi) is 99.8. The molecule has 0 saturated carbocycles. The molecule has 0 unspecified atom stereocenters. The Balaban J connectivity index is -0.0000000410. The molecule has 0 aliphatic heterocycles. The van der Waals surface area contributed by atoms with Crippen LogP contribution in [0.4, 0.5) is 0 Å². The molecule has 0 radical (unpaired) electrons. The Morgan fingerprint density at radius 3 is 1.60 bits per heavy atom. The van der Waals surface area contributed by atoms with Crippen LogP contribution in [0.15, 0.2) is 24.3 Å². The zero-order valence-electron chi connectivity index (χ0n) is 7.67. The third-order valence-corrected chi connectivity index (χ3v) is 0.657. The van der Waals surface area contributed by atoms with Crippen molar-refractivity contribution in [3.05, 3.63) is 44.3 Å². The number of rotatable bonds is 2. The topological polar surface area (TPSA) is 76.8 Å². The van der Waals surface area contributed by atoms with Gasteiger partial charge in [0.15, 0.2) is 0 Å². The van der Waals surface area contributed by atoms with Crippen LogP contribution in [-0.2, 0) is 35.8 Å². The first-order chi connectivity index (χ1) is 6.77. The second-order valence-electron chi connectivity index (χ2n) is 1.19. The summed E-state index contributed by atoms with van der Waals surface area (Å²) in [6, 6.07) is 0. The number of allylic oxidation sites excluding steroid dienone is 4. The summed E-state index contributed by atoms with van der Waals surface area (Å²) < 4.78 is 22.5. The normalized spacial score (nSPS) is 6.40. The number of hydrogen-bond acceptors (Lipinski definition) is 1. The number of carbonyl (C=O) groups is 1. The first-order valence-electron chi connectivity index (χ1n) is 2.87. The molecule has 0 aromatic carbocycles. The van der Waals surface area contributed by atoms with Crippen molar-refractivity contribution in [1.82, 2.24) is 0 Å². The van der Waals surface area contributed by atoms with Crippen LogP contribution < -0.4 is 0 Å². The van der Waals surface area contributed by atoms with Crippen LogP contribution in [0.5, 0.6) is 0 Å². The molecule has 0 aliphatic rings. The van der Waals surface area contributed by atoms with Crippen LogP contribution in [0.2, 0.25) is 0 Å². The molecule has 0 fully saturated rings. The van der Waals surface area contributed by atoms with Crippen molar-refractivity contribution in [2.24, 2.45) is 0 Å². The van der Waals surface area contributed by atoms with E-state index in [1.165, 1.54) is 6.08 Å².